The Morgan fingerprint density at radius 1 is 1.33 bits per heavy atom. The van der Waals surface area contributed by atoms with E-state index in [1.807, 2.05) is 0 Å². The Kier molecular flexibility index (Phi) is 3.18. The summed E-state index contributed by atoms with van der Waals surface area (Å²) in [6.45, 7) is 0. The Morgan fingerprint density at radius 2 is 1.93 bits per heavy atom. The fourth-order valence-electron chi connectivity index (χ4n) is 0.831. The van der Waals surface area contributed by atoms with Crippen molar-refractivity contribution in [2.45, 2.75) is 6.36 Å². The van der Waals surface area contributed by atoms with Crippen molar-refractivity contribution in [1.29, 1.82) is 0 Å². The van der Waals surface area contributed by atoms with Gasteiger partial charge in [-0.15, -0.1) is 13.2 Å². The normalized spacial score (nSPS) is 11.3. The van der Waals surface area contributed by atoms with E-state index < -0.39 is 23.2 Å². The molecule has 0 heterocycles. The number of alkyl halides is 3. The van der Waals surface area contributed by atoms with Gasteiger partial charge in [0.05, 0.1) is 0 Å². The van der Waals surface area contributed by atoms with Crippen molar-refractivity contribution >= 4 is 16.8 Å². The second-order valence-corrected chi connectivity index (χ2v) is 2.81. The van der Waals surface area contributed by atoms with Crippen LogP contribution in [0.2, 0.25) is 0 Å². The highest BCUT2D eigenvalue weighted by atomic mass is 35.5. The summed E-state index contributed by atoms with van der Waals surface area (Å²) in [5.41, 5.74) is -0.247. The van der Waals surface area contributed by atoms with E-state index in [4.69, 9.17) is 11.6 Å². The Labute approximate surface area is 86.4 Å². The van der Waals surface area contributed by atoms with Gasteiger partial charge in [-0.25, -0.2) is 4.39 Å². The zero-order chi connectivity index (χ0) is 11.6. The number of carbonyl (C=O) groups excluding carboxylic acids is 1. The maximum Gasteiger partial charge on any atom is 0.573 e. The quantitative estimate of drug-likeness (QED) is 0.588. The molecule has 0 saturated carbocycles. The van der Waals surface area contributed by atoms with Gasteiger partial charge in [-0.2, -0.15) is 0 Å². The average molecular weight is 243 g/mol. The minimum Gasteiger partial charge on any atom is -0.403 e. The first-order valence-corrected chi connectivity index (χ1v) is 3.92. The molecule has 0 fully saturated rings. The van der Waals surface area contributed by atoms with Crippen molar-refractivity contribution in [3.8, 4) is 5.75 Å². The van der Waals surface area contributed by atoms with Crippen molar-refractivity contribution < 1.29 is 27.1 Å². The van der Waals surface area contributed by atoms with Crippen molar-refractivity contribution in [3.63, 3.8) is 0 Å². The van der Waals surface area contributed by atoms with Crippen LogP contribution in [-0.2, 0) is 0 Å². The van der Waals surface area contributed by atoms with Crippen LogP contribution in [-0.4, -0.2) is 11.6 Å². The van der Waals surface area contributed by atoms with Crippen LogP contribution in [0, 0.1) is 5.82 Å². The number of rotatable bonds is 2. The Morgan fingerprint density at radius 3 is 2.33 bits per heavy atom. The van der Waals surface area contributed by atoms with Gasteiger partial charge in [-0.05, 0) is 29.8 Å². The molecule has 0 aliphatic rings. The molecule has 0 amide bonds. The van der Waals surface area contributed by atoms with Crippen LogP contribution in [0.25, 0.3) is 0 Å². The van der Waals surface area contributed by atoms with Crippen LogP contribution in [0.5, 0.6) is 5.75 Å². The molecule has 0 unspecified atom stereocenters. The molecule has 0 N–H and O–H groups in total. The van der Waals surface area contributed by atoms with Gasteiger partial charge in [-0.3, -0.25) is 4.79 Å². The van der Waals surface area contributed by atoms with Gasteiger partial charge in [0.1, 0.15) is 0 Å². The summed E-state index contributed by atoms with van der Waals surface area (Å²) in [4.78, 5) is 10.5. The topological polar surface area (TPSA) is 26.3 Å². The van der Waals surface area contributed by atoms with Gasteiger partial charge in [0.25, 0.3) is 5.24 Å². The van der Waals surface area contributed by atoms with Crippen LogP contribution in [0.1, 0.15) is 10.4 Å². The second-order valence-electron chi connectivity index (χ2n) is 2.47. The smallest absolute Gasteiger partial charge is 0.403 e. The average Bonchev–Trinajstić information content (AvgIpc) is 2.05. The molecule has 2 nitrogen and oxygen atoms in total. The highest BCUT2D eigenvalue weighted by Crippen LogP contribution is 2.26. The molecule has 7 heteroatoms. The van der Waals surface area contributed by atoms with Crippen molar-refractivity contribution in [3.05, 3.63) is 29.6 Å². The van der Waals surface area contributed by atoms with E-state index in [9.17, 15) is 22.4 Å². The summed E-state index contributed by atoms with van der Waals surface area (Å²) in [5.74, 6) is -2.32. The minimum atomic E-state index is -4.98. The number of benzene rings is 1. The molecule has 1 aromatic rings. The van der Waals surface area contributed by atoms with Crippen molar-refractivity contribution in [1.82, 2.24) is 0 Å². The first kappa shape index (κ1) is 11.8. The van der Waals surface area contributed by atoms with Gasteiger partial charge < -0.3 is 4.74 Å². The molecule has 0 spiro atoms. The molecule has 0 radical (unpaired) electrons. The van der Waals surface area contributed by atoms with E-state index in [2.05, 4.69) is 4.74 Å². The predicted octanol–water partition coefficient (Wildman–Crippen LogP) is 3.10. The highest BCUT2D eigenvalue weighted by molar-refractivity contribution is 6.67. The van der Waals surface area contributed by atoms with Crippen molar-refractivity contribution in [2.24, 2.45) is 0 Å². The molecule has 0 aliphatic carbocycles. The van der Waals surface area contributed by atoms with Gasteiger partial charge >= 0.3 is 6.36 Å². The summed E-state index contributed by atoms with van der Waals surface area (Å²) < 4.78 is 51.3. The fourth-order valence-corrected chi connectivity index (χ4v) is 0.948. The summed E-state index contributed by atoms with van der Waals surface area (Å²) >= 11 is 4.99. The third-order valence-electron chi connectivity index (χ3n) is 1.38. The van der Waals surface area contributed by atoms with Crippen LogP contribution >= 0.6 is 11.6 Å². The summed E-state index contributed by atoms with van der Waals surface area (Å²) in [5, 5.41) is -0.965. The predicted molar refractivity (Wildman–Crippen MR) is 43.3 cm³/mol. The van der Waals surface area contributed by atoms with Gasteiger partial charge in [0, 0.05) is 5.56 Å². The fraction of sp³-hybridized carbons (Fsp3) is 0.125. The maximum atomic E-state index is 12.9. The van der Waals surface area contributed by atoms with E-state index >= 15 is 0 Å². The second kappa shape index (κ2) is 4.06. The monoisotopic (exact) mass is 242 g/mol. The lowest BCUT2D eigenvalue weighted by Gasteiger charge is -2.09. The van der Waals surface area contributed by atoms with E-state index in [0.717, 1.165) is 6.07 Å². The molecule has 1 rings (SSSR count). The number of hydrogen-bond donors (Lipinski definition) is 0. The molecular weight excluding hydrogens is 240 g/mol. The third kappa shape index (κ3) is 3.39. The Hall–Kier alpha value is -1.30. The summed E-state index contributed by atoms with van der Waals surface area (Å²) in [6, 6.07) is 2.17. The molecule has 1 aromatic carbocycles. The number of carbonyl (C=O) groups is 1. The van der Waals surface area contributed by atoms with E-state index in [-0.39, 0.29) is 5.56 Å². The Bertz CT molecular complexity index is 389. The van der Waals surface area contributed by atoms with Crippen LogP contribution in [0.3, 0.4) is 0 Å². The molecule has 0 atom stereocenters. The zero-order valence-corrected chi connectivity index (χ0v) is 7.69. The lowest BCUT2D eigenvalue weighted by Crippen LogP contribution is -2.18. The number of hydrogen-bond acceptors (Lipinski definition) is 2. The Balaban J connectivity index is 2.99. The first-order valence-electron chi connectivity index (χ1n) is 3.55. The standard InChI is InChI=1S/C8H3ClF4O2/c9-7(14)4-1-2-6(5(10)3-4)15-8(11,12)13/h1-3H. The number of halogens is 5. The maximum absolute atomic E-state index is 12.9. The van der Waals surface area contributed by atoms with Crippen molar-refractivity contribution in [2.75, 3.05) is 0 Å². The van der Waals surface area contributed by atoms with E-state index in [1.54, 1.807) is 0 Å². The molecule has 0 saturated heterocycles. The lowest BCUT2D eigenvalue weighted by atomic mass is 10.2. The van der Waals surface area contributed by atoms with Crippen LogP contribution in [0.4, 0.5) is 17.6 Å². The van der Waals surface area contributed by atoms with Crippen LogP contribution < -0.4 is 4.74 Å². The molecule has 0 aliphatic heterocycles. The highest BCUT2D eigenvalue weighted by Gasteiger charge is 2.32. The third-order valence-corrected chi connectivity index (χ3v) is 1.60. The molecule has 82 valence electrons. The molecular formula is C8H3ClF4O2. The van der Waals surface area contributed by atoms with Gasteiger partial charge in [0.2, 0.25) is 0 Å². The lowest BCUT2D eigenvalue weighted by molar-refractivity contribution is -0.275. The minimum absolute atomic E-state index is 0.247. The van der Waals surface area contributed by atoms with Gasteiger partial charge in [-0.1, -0.05) is 0 Å². The molecule has 0 bridgehead atoms. The molecule has 15 heavy (non-hydrogen) atoms. The SMILES string of the molecule is O=C(Cl)c1ccc(OC(F)(F)F)c(F)c1. The molecule has 0 aromatic heterocycles. The van der Waals surface area contributed by atoms with Gasteiger partial charge in [0.15, 0.2) is 11.6 Å². The number of ether oxygens (including phenoxy) is 1. The van der Waals surface area contributed by atoms with E-state index in [0.29, 0.717) is 12.1 Å². The summed E-state index contributed by atoms with van der Waals surface area (Å²) in [6.07, 6.45) is -4.98. The summed E-state index contributed by atoms with van der Waals surface area (Å²) in [7, 11) is 0. The zero-order valence-electron chi connectivity index (χ0n) is 6.94. The van der Waals surface area contributed by atoms with E-state index in [1.165, 1.54) is 0 Å². The largest absolute Gasteiger partial charge is 0.573 e. The van der Waals surface area contributed by atoms with Crippen LogP contribution in [0.15, 0.2) is 18.2 Å². The first-order chi connectivity index (χ1) is 6.79.